The van der Waals surface area contributed by atoms with Crippen molar-refractivity contribution in [3.05, 3.63) is 101 Å². The normalized spacial score (nSPS) is 10.9. The van der Waals surface area contributed by atoms with E-state index < -0.39 is 0 Å². The van der Waals surface area contributed by atoms with Crippen molar-refractivity contribution in [1.82, 2.24) is 14.5 Å². The van der Waals surface area contributed by atoms with Gasteiger partial charge in [-0.2, -0.15) is 0 Å². The lowest BCUT2D eigenvalue weighted by molar-refractivity contribution is -0.113. The SMILES string of the molecule is COc1cccc(Cn2c(SCC(=O)Nc3cccc(OC)c3)nc3c(-c4ccccc4)c[nH]c3c2=O)c1. The molecule has 1 amide bonds. The molecule has 8 nitrogen and oxygen atoms in total. The van der Waals surface area contributed by atoms with Crippen LogP contribution in [0.5, 0.6) is 11.5 Å². The number of nitrogens with zero attached hydrogens (tertiary/aromatic N) is 2. The first-order valence-corrected chi connectivity index (χ1v) is 12.9. The number of carbonyl (C=O) groups is 1. The van der Waals surface area contributed by atoms with Crippen molar-refractivity contribution < 1.29 is 14.3 Å². The number of fused-ring (bicyclic) bond motifs is 1. The van der Waals surface area contributed by atoms with Crippen LogP contribution in [0.2, 0.25) is 0 Å². The van der Waals surface area contributed by atoms with Gasteiger partial charge >= 0.3 is 0 Å². The first-order chi connectivity index (χ1) is 18.6. The molecule has 2 heterocycles. The fourth-order valence-corrected chi connectivity index (χ4v) is 4.93. The lowest BCUT2D eigenvalue weighted by Gasteiger charge is -2.13. The molecule has 9 heteroatoms. The quantitative estimate of drug-likeness (QED) is 0.203. The summed E-state index contributed by atoms with van der Waals surface area (Å²) in [5, 5.41) is 3.32. The minimum absolute atomic E-state index is 0.0678. The number of hydrogen-bond acceptors (Lipinski definition) is 6. The molecule has 0 spiro atoms. The van der Waals surface area contributed by atoms with Gasteiger partial charge in [-0.1, -0.05) is 60.3 Å². The number of aromatic amines is 1. The van der Waals surface area contributed by atoms with E-state index in [-0.39, 0.29) is 23.8 Å². The smallest absolute Gasteiger partial charge is 0.278 e. The van der Waals surface area contributed by atoms with E-state index in [0.717, 1.165) is 16.7 Å². The number of hydrogen-bond donors (Lipinski definition) is 2. The van der Waals surface area contributed by atoms with Crippen LogP contribution in [0.4, 0.5) is 5.69 Å². The number of thioether (sulfide) groups is 1. The minimum atomic E-state index is -0.220. The molecule has 0 unspecified atom stereocenters. The summed E-state index contributed by atoms with van der Waals surface area (Å²) >= 11 is 1.21. The van der Waals surface area contributed by atoms with Crippen LogP contribution < -0.4 is 20.3 Å². The van der Waals surface area contributed by atoms with E-state index in [0.29, 0.717) is 33.4 Å². The second-order valence-corrected chi connectivity index (χ2v) is 9.44. The Kier molecular flexibility index (Phi) is 7.46. The summed E-state index contributed by atoms with van der Waals surface area (Å²) in [6, 6.07) is 24.5. The zero-order chi connectivity index (χ0) is 26.5. The highest BCUT2D eigenvalue weighted by Gasteiger charge is 2.18. The summed E-state index contributed by atoms with van der Waals surface area (Å²) in [5.74, 6) is 1.19. The van der Waals surface area contributed by atoms with Crippen molar-refractivity contribution in [1.29, 1.82) is 0 Å². The molecule has 0 radical (unpaired) electrons. The minimum Gasteiger partial charge on any atom is -0.497 e. The fraction of sp³-hybridized carbons (Fsp3) is 0.138. The molecular weight excluding hydrogens is 500 g/mol. The Bertz CT molecular complexity index is 1650. The van der Waals surface area contributed by atoms with Gasteiger partial charge in [0.05, 0.1) is 26.5 Å². The van der Waals surface area contributed by atoms with Crippen molar-refractivity contribution in [2.24, 2.45) is 0 Å². The van der Waals surface area contributed by atoms with E-state index in [1.54, 1.807) is 43.2 Å². The van der Waals surface area contributed by atoms with E-state index in [4.69, 9.17) is 14.5 Å². The number of anilines is 1. The Labute approximate surface area is 223 Å². The van der Waals surface area contributed by atoms with Crippen molar-refractivity contribution in [2.75, 3.05) is 25.3 Å². The van der Waals surface area contributed by atoms with Crippen LogP contribution in [-0.2, 0) is 11.3 Å². The third-order valence-electron chi connectivity index (χ3n) is 6.00. The molecule has 0 bridgehead atoms. The van der Waals surface area contributed by atoms with Gasteiger partial charge in [0, 0.05) is 23.5 Å². The molecule has 0 saturated carbocycles. The summed E-state index contributed by atoms with van der Waals surface area (Å²) < 4.78 is 12.2. The molecule has 192 valence electrons. The zero-order valence-electron chi connectivity index (χ0n) is 20.9. The van der Waals surface area contributed by atoms with Gasteiger partial charge in [0.1, 0.15) is 22.5 Å². The van der Waals surface area contributed by atoms with Gasteiger partial charge < -0.3 is 19.8 Å². The number of amides is 1. The van der Waals surface area contributed by atoms with Crippen molar-refractivity contribution in [2.45, 2.75) is 11.7 Å². The number of aromatic nitrogens is 3. The summed E-state index contributed by atoms with van der Waals surface area (Å²) in [5.41, 5.74) is 4.05. The van der Waals surface area contributed by atoms with Crippen molar-refractivity contribution in [3.63, 3.8) is 0 Å². The van der Waals surface area contributed by atoms with Crippen LogP contribution in [0.3, 0.4) is 0 Å². The van der Waals surface area contributed by atoms with Gasteiger partial charge in [-0.15, -0.1) is 0 Å². The topological polar surface area (TPSA) is 98.2 Å². The molecule has 5 aromatic rings. The highest BCUT2D eigenvalue weighted by molar-refractivity contribution is 7.99. The first-order valence-electron chi connectivity index (χ1n) is 11.9. The Morgan fingerprint density at radius 1 is 0.974 bits per heavy atom. The van der Waals surface area contributed by atoms with Crippen LogP contribution in [0.15, 0.2) is 95.0 Å². The molecular formula is C29H26N4O4S. The standard InChI is InChI=1S/C29H26N4O4S/c1-36-22-12-6-8-19(14-22)17-33-28(35)27-26(24(16-30-27)20-9-4-3-5-10-20)32-29(33)38-18-25(34)31-21-11-7-13-23(15-21)37-2/h3-16,30H,17-18H2,1-2H3,(H,31,34). The summed E-state index contributed by atoms with van der Waals surface area (Å²) in [6.45, 7) is 0.276. The Morgan fingerprint density at radius 2 is 1.71 bits per heavy atom. The van der Waals surface area contributed by atoms with Crippen LogP contribution in [0, 0.1) is 0 Å². The first kappa shape index (κ1) is 25.2. The van der Waals surface area contributed by atoms with Gasteiger partial charge in [0.15, 0.2) is 5.16 Å². The second-order valence-electron chi connectivity index (χ2n) is 8.50. The third kappa shape index (κ3) is 5.42. The molecule has 0 fully saturated rings. The maximum Gasteiger partial charge on any atom is 0.278 e. The van der Waals surface area contributed by atoms with Gasteiger partial charge in [0.2, 0.25) is 5.91 Å². The number of methoxy groups -OCH3 is 2. The van der Waals surface area contributed by atoms with Crippen LogP contribution in [-0.4, -0.2) is 40.4 Å². The number of H-pyrrole nitrogens is 1. The summed E-state index contributed by atoms with van der Waals surface area (Å²) in [7, 11) is 3.18. The number of nitrogens with one attached hydrogen (secondary N) is 2. The van der Waals surface area contributed by atoms with E-state index in [1.807, 2.05) is 60.7 Å². The second kappa shape index (κ2) is 11.3. The fourth-order valence-electron chi connectivity index (χ4n) is 4.14. The summed E-state index contributed by atoms with van der Waals surface area (Å²) in [6.07, 6.45) is 1.80. The number of ether oxygens (including phenoxy) is 2. The Hall–Kier alpha value is -4.50. The van der Waals surface area contributed by atoms with Gasteiger partial charge in [-0.25, -0.2) is 4.98 Å². The molecule has 38 heavy (non-hydrogen) atoms. The largest absolute Gasteiger partial charge is 0.497 e. The molecule has 5 rings (SSSR count). The highest BCUT2D eigenvalue weighted by atomic mass is 32.2. The van der Waals surface area contributed by atoms with Gasteiger partial charge in [-0.3, -0.25) is 14.2 Å². The molecule has 0 aliphatic heterocycles. The lowest BCUT2D eigenvalue weighted by Crippen LogP contribution is -2.25. The maximum atomic E-state index is 13.7. The molecule has 0 atom stereocenters. The molecule has 0 aliphatic rings. The van der Waals surface area contributed by atoms with Crippen molar-refractivity contribution >= 4 is 34.4 Å². The number of rotatable bonds is 9. The number of benzene rings is 3. The maximum absolute atomic E-state index is 13.7. The predicted octanol–water partition coefficient (Wildman–Crippen LogP) is 5.19. The monoisotopic (exact) mass is 526 g/mol. The van der Waals surface area contributed by atoms with Crippen molar-refractivity contribution in [3.8, 4) is 22.6 Å². The van der Waals surface area contributed by atoms with E-state index in [2.05, 4.69) is 10.3 Å². The lowest BCUT2D eigenvalue weighted by atomic mass is 10.1. The Balaban J connectivity index is 1.50. The average molecular weight is 527 g/mol. The third-order valence-corrected chi connectivity index (χ3v) is 6.97. The molecule has 2 N–H and O–H groups in total. The predicted molar refractivity (Wildman–Crippen MR) is 150 cm³/mol. The molecule has 2 aromatic heterocycles. The molecule has 0 saturated heterocycles. The van der Waals surface area contributed by atoms with Crippen LogP contribution in [0.25, 0.3) is 22.2 Å². The molecule has 0 aliphatic carbocycles. The van der Waals surface area contributed by atoms with E-state index >= 15 is 0 Å². The summed E-state index contributed by atoms with van der Waals surface area (Å²) in [4.78, 5) is 34.5. The average Bonchev–Trinajstić information content (AvgIpc) is 3.38. The van der Waals surface area contributed by atoms with Crippen LogP contribution in [0.1, 0.15) is 5.56 Å². The van der Waals surface area contributed by atoms with E-state index in [1.165, 1.54) is 11.8 Å². The molecule has 3 aromatic carbocycles. The van der Waals surface area contributed by atoms with E-state index in [9.17, 15) is 9.59 Å². The van der Waals surface area contributed by atoms with Gasteiger partial charge in [0.25, 0.3) is 5.56 Å². The van der Waals surface area contributed by atoms with Gasteiger partial charge in [-0.05, 0) is 35.4 Å². The number of carbonyl (C=O) groups excluding carboxylic acids is 1. The Morgan fingerprint density at radius 3 is 2.47 bits per heavy atom. The highest BCUT2D eigenvalue weighted by Crippen LogP contribution is 2.28. The van der Waals surface area contributed by atoms with Crippen LogP contribution >= 0.6 is 11.8 Å². The zero-order valence-corrected chi connectivity index (χ0v) is 21.7.